The molecule has 0 fully saturated rings. The van der Waals surface area contributed by atoms with E-state index in [2.05, 4.69) is 10.4 Å². The molecular weight excluding hydrogens is 212 g/mol. The first-order valence-corrected chi connectivity index (χ1v) is 5.08. The molecule has 0 amide bonds. The van der Waals surface area contributed by atoms with Crippen LogP contribution in [-0.4, -0.2) is 38.5 Å². The van der Waals surface area contributed by atoms with Crippen molar-refractivity contribution in [1.29, 1.82) is 0 Å². The van der Waals surface area contributed by atoms with Crippen LogP contribution >= 0.6 is 0 Å². The molecule has 0 aliphatic heterocycles. The lowest BCUT2D eigenvalue weighted by Gasteiger charge is -2.12. The SMILES string of the molecule is CC(C)NCC(O)Cn1ccc([N+](=O)[O-])n1. The minimum atomic E-state index is -0.609. The second-order valence-corrected chi connectivity index (χ2v) is 3.87. The number of hydrogen-bond acceptors (Lipinski definition) is 5. The summed E-state index contributed by atoms with van der Waals surface area (Å²) in [4.78, 5) is 9.81. The molecule has 0 radical (unpaired) electrons. The van der Waals surface area contributed by atoms with Crippen molar-refractivity contribution in [3.63, 3.8) is 0 Å². The van der Waals surface area contributed by atoms with Crippen molar-refractivity contribution in [2.75, 3.05) is 6.54 Å². The summed E-state index contributed by atoms with van der Waals surface area (Å²) in [5.41, 5.74) is 0. The van der Waals surface area contributed by atoms with Gasteiger partial charge in [0.15, 0.2) is 0 Å². The van der Waals surface area contributed by atoms with Gasteiger partial charge >= 0.3 is 5.82 Å². The first-order valence-electron chi connectivity index (χ1n) is 5.08. The quantitative estimate of drug-likeness (QED) is 0.534. The van der Waals surface area contributed by atoms with E-state index in [0.717, 1.165) is 0 Å². The van der Waals surface area contributed by atoms with Gasteiger partial charge in [0.05, 0.1) is 30.0 Å². The molecular formula is C9H16N4O3. The van der Waals surface area contributed by atoms with Crippen molar-refractivity contribution in [1.82, 2.24) is 15.1 Å². The summed E-state index contributed by atoms with van der Waals surface area (Å²) >= 11 is 0. The number of nitro groups is 1. The highest BCUT2D eigenvalue weighted by molar-refractivity contribution is 5.13. The third kappa shape index (κ3) is 3.95. The Morgan fingerprint density at radius 1 is 1.69 bits per heavy atom. The first kappa shape index (κ1) is 12.6. The molecule has 1 heterocycles. The Hall–Kier alpha value is -1.47. The molecule has 0 saturated carbocycles. The number of aliphatic hydroxyl groups is 1. The van der Waals surface area contributed by atoms with Crippen molar-refractivity contribution in [3.05, 3.63) is 22.4 Å². The van der Waals surface area contributed by atoms with Crippen molar-refractivity contribution >= 4 is 5.82 Å². The molecule has 0 spiro atoms. The summed E-state index contributed by atoms with van der Waals surface area (Å²) in [5, 5.41) is 26.8. The van der Waals surface area contributed by atoms with Gasteiger partial charge in [0.2, 0.25) is 0 Å². The molecule has 0 aromatic carbocycles. The normalized spacial score (nSPS) is 13.0. The van der Waals surface area contributed by atoms with Crippen molar-refractivity contribution in [2.45, 2.75) is 32.5 Å². The van der Waals surface area contributed by atoms with Crippen LogP contribution in [0.5, 0.6) is 0 Å². The highest BCUT2D eigenvalue weighted by Gasteiger charge is 2.13. The Morgan fingerprint density at radius 2 is 2.38 bits per heavy atom. The molecule has 16 heavy (non-hydrogen) atoms. The molecule has 1 unspecified atom stereocenters. The number of rotatable bonds is 6. The van der Waals surface area contributed by atoms with E-state index in [4.69, 9.17) is 0 Å². The summed E-state index contributed by atoms with van der Waals surface area (Å²) in [5.74, 6) is -0.205. The maximum atomic E-state index is 10.4. The van der Waals surface area contributed by atoms with E-state index in [1.165, 1.54) is 16.9 Å². The van der Waals surface area contributed by atoms with Crippen molar-refractivity contribution < 1.29 is 10.0 Å². The van der Waals surface area contributed by atoms with Gasteiger partial charge in [-0.15, -0.1) is 0 Å². The van der Waals surface area contributed by atoms with Crippen LogP contribution in [0, 0.1) is 10.1 Å². The third-order valence-electron chi connectivity index (χ3n) is 1.97. The maximum absolute atomic E-state index is 10.4. The molecule has 90 valence electrons. The zero-order chi connectivity index (χ0) is 12.1. The second kappa shape index (κ2) is 5.57. The summed E-state index contributed by atoms with van der Waals surface area (Å²) in [6, 6.07) is 1.60. The molecule has 7 nitrogen and oxygen atoms in total. The molecule has 0 aliphatic rings. The number of nitrogens with one attached hydrogen (secondary N) is 1. The lowest BCUT2D eigenvalue weighted by Crippen LogP contribution is -2.34. The van der Waals surface area contributed by atoms with Crippen LogP contribution in [0.2, 0.25) is 0 Å². The molecule has 1 atom stereocenters. The molecule has 1 aromatic rings. The molecule has 7 heteroatoms. The second-order valence-electron chi connectivity index (χ2n) is 3.87. The number of aliphatic hydroxyl groups excluding tert-OH is 1. The van der Waals surface area contributed by atoms with Crippen LogP contribution in [0.1, 0.15) is 13.8 Å². The summed E-state index contributed by atoms with van der Waals surface area (Å²) in [6.45, 7) is 4.63. The van der Waals surface area contributed by atoms with Gasteiger partial charge in [0, 0.05) is 12.6 Å². The Balaban J connectivity index is 2.43. The van der Waals surface area contributed by atoms with E-state index in [0.29, 0.717) is 12.6 Å². The Morgan fingerprint density at radius 3 is 2.88 bits per heavy atom. The maximum Gasteiger partial charge on any atom is 0.389 e. The smallest absolute Gasteiger partial charge is 0.389 e. The Kier molecular flexibility index (Phi) is 4.39. The monoisotopic (exact) mass is 228 g/mol. The highest BCUT2D eigenvalue weighted by Crippen LogP contribution is 2.05. The lowest BCUT2D eigenvalue weighted by molar-refractivity contribution is -0.389. The average molecular weight is 228 g/mol. The van der Waals surface area contributed by atoms with Gasteiger partial charge in [-0.25, -0.2) is 0 Å². The van der Waals surface area contributed by atoms with E-state index in [9.17, 15) is 15.2 Å². The van der Waals surface area contributed by atoms with Gasteiger partial charge in [-0.1, -0.05) is 13.8 Å². The van der Waals surface area contributed by atoms with E-state index in [1.807, 2.05) is 13.8 Å². The summed E-state index contributed by atoms with van der Waals surface area (Å²) < 4.78 is 1.37. The number of nitrogens with zero attached hydrogens (tertiary/aromatic N) is 3. The van der Waals surface area contributed by atoms with Crippen LogP contribution in [0.15, 0.2) is 12.3 Å². The summed E-state index contributed by atoms with van der Waals surface area (Å²) in [7, 11) is 0. The molecule has 0 bridgehead atoms. The zero-order valence-corrected chi connectivity index (χ0v) is 9.33. The van der Waals surface area contributed by atoms with E-state index >= 15 is 0 Å². The average Bonchev–Trinajstić information content (AvgIpc) is 2.63. The van der Waals surface area contributed by atoms with Crippen LogP contribution in [0.25, 0.3) is 0 Å². The highest BCUT2D eigenvalue weighted by atomic mass is 16.6. The fourth-order valence-corrected chi connectivity index (χ4v) is 1.20. The molecule has 1 aromatic heterocycles. The van der Waals surface area contributed by atoms with Crippen LogP contribution in [-0.2, 0) is 6.54 Å². The minimum absolute atomic E-state index is 0.205. The van der Waals surface area contributed by atoms with Crippen LogP contribution in [0.3, 0.4) is 0 Å². The van der Waals surface area contributed by atoms with Gasteiger partial charge < -0.3 is 20.5 Å². The van der Waals surface area contributed by atoms with Gasteiger partial charge in [0.25, 0.3) is 0 Å². The molecule has 0 saturated heterocycles. The number of hydrogen-bond donors (Lipinski definition) is 2. The van der Waals surface area contributed by atoms with Gasteiger partial charge in [0.1, 0.15) is 0 Å². The molecule has 1 rings (SSSR count). The molecule has 2 N–H and O–H groups in total. The predicted molar refractivity (Wildman–Crippen MR) is 58.0 cm³/mol. The van der Waals surface area contributed by atoms with Gasteiger partial charge in [-0.05, 0) is 4.92 Å². The third-order valence-corrected chi connectivity index (χ3v) is 1.97. The topological polar surface area (TPSA) is 93.2 Å². The molecule has 0 aliphatic carbocycles. The summed E-state index contributed by atoms with van der Waals surface area (Å²) in [6.07, 6.45) is 0.874. The Labute approximate surface area is 93.2 Å². The van der Waals surface area contributed by atoms with E-state index in [-0.39, 0.29) is 12.4 Å². The van der Waals surface area contributed by atoms with Crippen molar-refractivity contribution in [3.8, 4) is 0 Å². The first-order chi connectivity index (χ1) is 7.49. The van der Waals surface area contributed by atoms with Crippen LogP contribution in [0.4, 0.5) is 5.82 Å². The minimum Gasteiger partial charge on any atom is -0.390 e. The van der Waals surface area contributed by atoms with E-state index < -0.39 is 11.0 Å². The predicted octanol–water partition coefficient (Wildman–Crippen LogP) is 0.150. The van der Waals surface area contributed by atoms with Gasteiger partial charge in [-0.2, -0.15) is 4.68 Å². The lowest BCUT2D eigenvalue weighted by atomic mass is 10.3. The van der Waals surface area contributed by atoms with Crippen molar-refractivity contribution in [2.24, 2.45) is 0 Å². The van der Waals surface area contributed by atoms with Gasteiger partial charge in [-0.3, -0.25) is 0 Å². The van der Waals surface area contributed by atoms with Crippen LogP contribution < -0.4 is 5.32 Å². The standard InChI is InChI=1S/C9H16N4O3/c1-7(2)10-5-8(14)6-12-4-3-9(11-12)13(15)16/h3-4,7-8,10,14H,5-6H2,1-2H3. The zero-order valence-electron chi connectivity index (χ0n) is 9.33. The Bertz CT molecular complexity index is 350. The fraction of sp³-hybridized carbons (Fsp3) is 0.667. The fourth-order valence-electron chi connectivity index (χ4n) is 1.20. The number of aromatic nitrogens is 2. The largest absolute Gasteiger partial charge is 0.390 e. The van der Waals surface area contributed by atoms with E-state index in [1.54, 1.807) is 0 Å².